The van der Waals surface area contributed by atoms with Crippen molar-refractivity contribution in [3.05, 3.63) is 108 Å². The molecule has 3 aromatic rings. The molecule has 0 aromatic heterocycles. The first-order chi connectivity index (χ1) is 13.3. The van der Waals surface area contributed by atoms with Gasteiger partial charge in [-0.3, -0.25) is 0 Å². The molecule has 0 aliphatic carbocycles. The highest BCUT2D eigenvalue weighted by atomic mass is 16.6. The lowest BCUT2D eigenvalue weighted by molar-refractivity contribution is 0.00511. The minimum absolute atomic E-state index is 0.410. The van der Waals surface area contributed by atoms with Crippen LogP contribution in [0.4, 0.5) is 0 Å². The van der Waals surface area contributed by atoms with Gasteiger partial charge in [0.2, 0.25) is 0 Å². The van der Waals surface area contributed by atoms with Crippen molar-refractivity contribution in [2.75, 3.05) is 13.2 Å². The normalized spacial score (nSPS) is 17.4. The van der Waals surface area contributed by atoms with Crippen molar-refractivity contribution >= 4 is 0 Å². The van der Waals surface area contributed by atoms with Crippen LogP contribution in [-0.2, 0) is 15.1 Å². The molecule has 1 fully saturated rings. The molecule has 2 atom stereocenters. The molecule has 0 N–H and O–H groups in total. The van der Waals surface area contributed by atoms with E-state index in [0.29, 0.717) is 18.6 Å². The summed E-state index contributed by atoms with van der Waals surface area (Å²) >= 11 is 0. The molecule has 1 heterocycles. The smallest absolute Gasteiger partial charge is 0.143 e. The van der Waals surface area contributed by atoms with Crippen molar-refractivity contribution in [1.29, 1.82) is 0 Å². The van der Waals surface area contributed by atoms with Gasteiger partial charge in [0.25, 0.3) is 0 Å². The third kappa shape index (κ3) is 3.83. The molecule has 0 radical (unpaired) electrons. The number of hydrogen-bond donors (Lipinski definition) is 0. The molecule has 0 bridgehead atoms. The van der Waals surface area contributed by atoms with Crippen LogP contribution < -0.4 is 0 Å². The van der Waals surface area contributed by atoms with E-state index in [1.54, 1.807) is 0 Å². The van der Waals surface area contributed by atoms with E-state index in [1.807, 2.05) is 0 Å². The Kier molecular flexibility index (Phi) is 5.38. The maximum Gasteiger partial charge on any atom is 0.143 e. The van der Waals surface area contributed by atoms with Crippen LogP contribution in [0.25, 0.3) is 0 Å². The molecule has 0 spiro atoms. The minimum atomic E-state index is -0.617. The van der Waals surface area contributed by atoms with E-state index >= 15 is 0 Å². The summed E-state index contributed by atoms with van der Waals surface area (Å²) in [6.45, 7) is 3.82. The van der Waals surface area contributed by atoms with Crippen molar-refractivity contribution in [1.82, 2.24) is 0 Å². The third-order valence-corrected chi connectivity index (χ3v) is 5.43. The summed E-state index contributed by atoms with van der Waals surface area (Å²) in [4.78, 5) is 0. The predicted octanol–water partition coefficient (Wildman–Crippen LogP) is 5.42. The van der Waals surface area contributed by atoms with E-state index in [2.05, 4.69) is 97.9 Å². The summed E-state index contributed by atoms with van der Waals surface area (Å²) in [5.74, 6) is 0.519. The summed E-state index contributed by atoms with van der Waals surface area (Å²) in [5, 5.41) is 0. The molecule has 1 aliphatic heterocycles. The molecule has 1 aliphatic rings. The van der Waals surface area contributed by atoms with Gasteiger partial charge < -0.3 is 9.47 Å². The van der Waals surface area contributed by atoms with Crippen molar-refractivity contribution in [2.24, 2.45) is 5.92 Å². The van der Waals surface area contributed by atoms with E-state index in [9.17, 15) is 0 Å². The van der Waals surface area contributed by atoms with Crippen molar-refractivity contribution in [2.45, 2.75) is 25.0 Å². The Morgan fingerprint density at radius 3 is 1.59 bits per heavy atom. The second kappa shape index (κ2) is 8.08. The summed E-state index contributed by atoms with van der Waals surface area (Å²) in [5.41, 5.74) is 2.83. The predicted molar refractivity (Wildman–Crippen MR) is 109 cm³/mol. The highest BCUT2D eigenvalue weighted by Crippen LogP contribution is 2.40. The Balaban J connectivity index is 1.76. The van der Waals surface area contributed by atoms with Gasteiger partial charge in [0.1, 0.15) is 5.60 Å². The fourth-order valence-corrected chi connectivity index (χ4v) is 3.74. The minimum Gasteiger partial charge on any atom is -0.373 e. The van der Waals surface area contributed by atoms with E-state index in [4.69, 9.17) is 9.47 Å². The number of epoxide rings is 1. The quantitative estimate of drug-likeness (QED) is 0.396. The van der Waals surface area contributed by atoms with E-state index in [1.165, 1.54) is 0 Å². The highest BCUT2D eigenvalue weighted by Gasteiger charge is 2.38. The number of ether oxygens (including phenoxy) is 2. The first kappa shape index (κ1) is 18.0. The third-order valence-electron chi connectivity index (χ3n) is 5.43. The van der Waals surface area contributed by atoms with Gasteiger partial charge in [-0.1, -0.05) is 97.9 Å². The lowest BCUT2D eigenvalue weighted by Crippen LogP contribution is -2.33. The average Bonchev–Trinajstić information content (AvgIpc) is 3.59. The molecule has 3 aromatic carbocycles. The van der Waals surface area contributed by atoms with Crippen LogP contribution >= 0.6 is 0 Å². The van der Waals surface area contributed by atoms with Gasteiger partial charge in [-0.25, -0.2) is 0 Å². The number of benzene rings is 3. The van der Waals surface area contributed by atoms with E-state index in [-0.39, 0.29) is 0 Å². The summed E-state index contributed by atoms with van der Waals surface area (Å²) in [6.07, 6.45) is 1.40. The van der Waals surface area contributed by atoms with Crippen LogP contribution in [0.2, 0.25) is 0 Å². The average molecular weight is 358 g/mol. The lowest BCUT2D eigenvalue weighted by Gasteiger charge is -2.36. The molecular weight excluding hydrogens is 332 g/mol. The fraction of sp³-hybridized carbons (Fsp3) is 0.280. The first-order valence-corrected chi connectivity index (χ1v) is 9.73. The molecule has 0 saturated carbocycles. The molecule has 2 nitrogen and oxygen atoms in total. The van der Waals surface area contributed by atoms with Crippen molar-refractivity contribution in [3.63, 3.8) is 0 Å². The van der Waals surface area contributed by atoms with Crippen LogP contribution in [0.1, 0.15) is 30.0 Å². The standard InChI is InChI=1S/C25H26O2/c1-20(24-19-26-24)17-18-27-25(21-11-5-2-6-12-21,22-13-7-3-8-14-22)23-15-9-4-10-16-23/h2-16,20,24H,17-19H2,1H3/t20-,24+/m0/s1. The molecule has 1 saturated heterocycles. The van der Waals surface area contributed by atoms with Gasteiger partial charge in [0.05, 0.1) is 12.7 Å². The molecule has 138 valence electrons. The summed E-state index contributed by atoms with van der Waals surface area (Å²) in [6, 6.07) is 31.6. The maximum atomic E-state index is 6.78. The summed E-state index contributed by atoms with van der Waals surface area (Å²) < 4.78 is 12.2. The summed E-state index contributed by atoms with van der Waals surface area (Å²) in [7, 11) is 0. The van der Waals surface area contributed by atoms with E-state index < -0.39 is 5.60 Å². The maximum absolute atomic E-state index is 6.78. The second-order valence-corrected chi connectivity index (χ2v) is 7.27. The molecule has 0 unspecified atom stereocenters. The van der Waals surface area contributed by atoms with Crippen LogP contribution in [0, 0.1) is 5.92 Å². The zero-order valence-electron chi connectivity index (χ0n) is 15.8. The fourth-order valence-electron chi connectivity index (χ4n) is 3.74. The number of rotatable bonds is 8. The van der Waals surface area contributed by atoms with Crippen LogP contribution in [0.3, 0.4) is 0 Å². The Labute approximate surface area is 161 Å². The molecular formula is C25H26O2. The zero-order chi connectivity index (χ0) is 18.5. The van der Waals surface area contributed by atoms with Crippen LogP contribution in [0.15, 0.2) is 91.0 Å². The molecule has 4 rings (SSSR count). The molecule has 0 amide bonds. The van der Waals surface area contributed by atoms with Crippen molar-refractivity contribution in [3.8, 4) is 0 Å². The molecule has 2 heteroatoms. The van der Waals surface area contributed by atoms with Crippen LogP contribution in [-0.4, -0.2) is 19.3 Å². The Bertz CT molecular complexity index is 729. The van der Waals surface area contributed by atoms with Gasteiger partial charge in [-0.05, 0) is 29.0 Å². The van der Waals surface area contributed by atoms with Gasteiger partial charge in [-0.2, -0.15) is 0 Å². The zero-order valence-corrected chi connectivity index (χ0v) is 15.8. The Morgan fingerprint density at radius 2 is 1.22 bits per heavy atom. The number of hydrogen-bond acceptors (Lipinski definition) is 2. The van der Waals surface area contributed by atoms with Gasteiger partial charge >= 0.3 is 0 Å². The Morgan fingerprint density at radius 1 is 0.815 bits per heavy atom. The van der Waals surface area contributed by atoms with Gasteiger partial charge in [-0.15, -0.1) is 0 Å². The van der Waals surface area contributed by atoms with Gasteiger partial charge in [0, 0.05) is 6.61 Å². The SMILES string of the molecule is C[C@@H](CCOC(c1ccccc1)(c1ccccc1)c1ccccc1)[C@H]1CO1. The Hall–Kier alpha value is -2.42. The molecule has 27 heavy (non-hydrogen) atoms. The lowest BCUT2D eigenvalue weighted by atomic mass is 9.80. The monoisotopic (exact) mass is 358 g/mol. The second-order valence-electron chi connectivity index (χ2n) is 7.27. The van der Waals surface area contributed by atoms with E-state index in [0.717, 1.165) is 29.7 Å². The topological polar surface area (TPSA) is 21.8 Å². The van der Waals surface area contributed by atoms with Crippen LogP contribution in [0.5, 0.6) is 0 Å². The largest absolute Gasteiger partial charge is 0.373 e. The van der Waals surface area contributed by atoms with Gasteiger partial charge in [0.15, 0.2) is 0 Å². The first-order valence-electron chi connectivity index (χ1n) is 9.73. The van der Waals surface area contributed by atoms with Crippen molar-refractivity contribution < 1.29 is 9.47 Å². The highest BCUT2D eigenvalue weighted by molar-refractivity contribution is 5.47.